The smallest absolute Gasteiger partial charge is 0.262 e. The predicted molar refractivity (Wildman–Crippen MR) is 125 cm³/mol. The molecule has 7 atom stereocenters. The zero-order valence-corrected chi connectivity index (χ0v) is 21.6. The fourth-order valence-corrected chi connectivity index (χ4v) is 6.70. The van der Waals surface area contributed by atoms with Gasteiger partial charge in [0.1, 0.15) is 24.0 Å². The molecule has 2 aromatic rings. The maximum atomic E-state index is 15.7. The van der Waals surface area contributed by atoms with Crippen molar-refractivity contribution in [1.82, 2.24) is 24.8 Å². The third kappa shape index (κ3) is 4.45. The molecule has 0 spiro atoms. The van der Waals surface area contributed by atoms with Crippen LogP contribution in [0.5, 0.6) is 5.75 Å². The van der Waals surface area contributed by atoms with Crippen molar-refractivity contribution < 1.29 is 47.6 Å². The molecular weight excluding hydrogens is 529 g/mol. The largest absolute Gasteiger partial charge is 0.497 e. The van der Waals surface area contributed by atoms with Gasteiger partial charge in [0, 0.05) is 5.92 Å². The Bertz CT molecular complexity index is 1260. The van der Waals surface area contributed by atoms with Crippen LogP contribution in [0.25, 0.3) is 0 Å². The second kappa shape index (κ2) is 10.4. The van der Waals surface area contributed by atoms with Crippen molar-refractivity contribution in [3.8, 4) is 5.75 Å². The maximum Gasteiger partial charge on any atom is 0.262 e. The molecular formula is C22H30FN5O9S. The van der Waals surface area contributed by atoms with Gasteiger partial charge in [0.15, 0.2) is 6.23 Å². The van der Waals surface area contributed by atoms with E-state index in [4.69, 9.17) is 9.47 Å². The number of nitrogens with one attached hydrogen (secondary N) is 1. The number of aliphatic hydroxyl groups is 3. The first-order valence-electron chi connectivity index (χ1n) is 11.7. The highest BCUT2D eigenvalue weighted by Crippen LogP contribution is 2.56. The van der Waals surface area contributed by atoms with Crippen LogP contribution < -0.4 is 10.2 Å². The second-order valence-electron chi connectivity index (χ2n) is 9.60. The fraction of sp³-hybridized carbons (Fsp3) is 0.591. The molecule has 14 nitrogen and oxygen atoms in total. The van der Waals surface area contributed by atoms with Gasteiger partial charge in [0.25, 0.3) is 5.91 Å². The minimum atomic E-state index is -4.36. The quantitative estimate of drug-likeness (QED) is 0.176. The number of fused-ring (bicyclic) bond motifs is 1. The summed E-state index contributed by atoms with van der Waals surface area (Å²) in [6.45, 7) is 2.08. The van der Waals surface area contributed by atoms with Crippen LogP contribution in [-0.2, 0) is 26.1 Å². The van der Waals surface area contributed by atoms with Crippen molar-refractivity contribution in [1.29, 1.82) is 0 Å². The van der Waals surface area contributed by atoms with E-state index in [1.165, 1.54) is 43.1 Å². The summed E-state index contributed by atoms with van der Waals surface area (Å²) >= 11 is 0. The van der Waals surface area contributed by atoms with Crippen LogP contribution in [0.2, 0.25) is 0 Å². The summed E-state index contributed by atoms with van der Waals surface area (Å²) in [5, 5.41) is 46.8. The number of sulfonamides is 1. The van der Waals surface area contributed by atoms with Gasteiger partial charge >= 0.3 is 0 Å². The first-order chi connectivity index (χ1) is 17.9. The molecule has 1 saturated carbocycles. The van der Waals surface area contributed by atoms with Crippen LogP contribution in [-0.4, -0.2) is 97.9 Å². The van der Waals surface area contributed by atoms with E-state index in [1.807, 2.05) is 0 Å². The van der Waals surface area contributed by atoms with Crippen LogP contribution in [0.3, 0.4) is 0 Å². The van der Waals surface area contributed by atoms with Crippen molar-refractivity contribution in [2.75, 3.05) is 13.7 Å². The predicted octanol–water partition coefficient (Wildman–Crippen LogP) is -1.04. The molecule has 4 unspecified atom stereocenters. The Kier molecular flexibility index (Phi) is 7.77. The number of rotatable bonds is 10. The van der Waals surface area contributed by atoms with E-state index >= 15 is 4.39 Å². The minimum Gasteiger partial charge on any atom is -0.497 e. The number of nitrogens with zero attached hydrogens (tertiary/aromatic N) is 4. The van der Waals surface area contributed by atoms with Crippen LogP contribution in [0.1, 0.15) is 25.8 Å². The lowest BCUT2D eigenvalue weighted by Gasteiger charge is -2.47. The van der Waals surface area contributed by atoms with Gasteiger partial charge in [-0.25, -0.2) is 23.0 Å². The molecule has 38 heavy (non-hydrogen) atoms. The first kappa shape index (κ1) is 28.3. The average molecular weight is 560 g/mol. The van der Waals surface area contributed by atoms with Gasteiger partial charge in [-0.1, -0.05) is 19.1 Å². The summed E-state index contributed by atoms with van der Waals surface area (Å²) in [6.07, 6.45) is -5.00. The van der Waals surface area contributed by atoms with E-state index in [0.717, 1.165) is 8.99 Å². The number of hydroxylamine groups is 1. The summed E-state index contributed by atoms with van der Waals surface area (Å²) in [7, 11) is -2.94. The topological polar surface area (TPSA) is 197 Å². The van der Waals surface area contributed by atoms with Crippen LogP contribution in [0.4, 0.5) is 4.39 Å². The van der Waals surface area contributed by atoms with Crippen LogP contribution >= 0.6 is 0 Å². The van der Waals surface area contributed by atoms with Gasteiger partial charge in [-0.15, -0.1) is 5.10 Å². The van der Waals surface area contributed by atoms with Crippen molar-refractivity contribution >= 4 is 15.9 Å². The first-order valence-corrected chi connectivity index (χ1v) is 13.2. The Hall–Kier alpha value is -2.73. The molecule has 0 radical (unpaired) electrons. The monoisotopic (exact) mass is 559 g/mol. The summed E-state index contributed by atoms with van der Waals surface area (Å²) in [4.78, 5) is 12.4. The molecule has 210 valence electrons. The summed E-state index contributed by atoms with van der Waals surface area (Å²) in [5.74, 6) is -2.20. The van der Waals surface area contributed by atoms with Crippen molar-refractivity contribution in [2.45, 2.75) is 61.5 Å². The molecule has 1 aromatic heterocycles. The van der Waals surface area contributed by atoms with Crippen molar-refractivity contribution in [3.63, 3.8) is 0 Å². The lowest BCUT2D eigenvalue weighted by molar-refractivity contribution is -0.311. The SMILES string of the molecule is COc1ccc(S(=O)(=O)N(Cc2cn([C@H]3OC4C(CO)[C@H](O)C(O)C43F)nn2)[C@@H](C(=O)NO)C(C)C)cc1. The number of halogens is 1. The van der Waals surface area contributed by atoms with E-state index < -0.39 is 77.2 Å². The zero-order valence-electron chi connectivity index (χ0n) is 20.7. The van der Waals surface area contributed by atoms with Crippen molar-refractivity contribution in [2.24, 2.45) is 11.8 Å². The van der Waals surface area contributed by atoms with E-state index in [1.54, 1.807) is 13.8 Å². The molecule has 1 aliphatic carbocycles. The number of amides is 1. The third-order valence-electron chi connectivity index (χ3n) is 7.01. The molecule has 5 N–H and O–H groups in total. The molecule has 2 aliphatic rings. The summed E-state index contributed by atoms with van der Waals surface area (Å²) in [5.41, 5.74) is -0.970. The molecule has 1 saturated heterocycles. The number of methoxy groups -OCH3 is 1. The zero-order chi connectivity index (χ0) is 28.0. The van der Waals surface area contributed by atoms with Gasteiger partial charge in [-0.3, -0.25) is 10.0 Å². The highest BCUT2D eigenvalue weighted by molar-refractivity contribution is 7.89. The Balaban J connectivity index is 1.66. The summed E-state index contributed by atoms with van der Waals surface area (Å²) < 4.78 is 55.4. The molecule has 2 fully saturated rings. The van der Waals surface area contributed by atoms with E-state index in [0.29, 0.717) is 5.75 Å². The normalized spacial score (nSPS) is 29.7. The number of aliphatic hydroxyl groups excluding tert-OH is 3. The van der Waals surface area contributed by atoms with Crippen LogP contribution in [0, 0.1) is 11.8 Å². The lowest BCUT2D eigenvalue weighted by Crippen LogP contribution is -2.62. The fourth-order valence-electron chi connectivity index (χ4n) is 5.01. The molecule has 1 aliphatic heterocycles. The number of carbonyl (C=O) groups excluding carboxylic acids is 1. The van der Waals surface area contributed by atoms with E-state index in [9.17, 15) is 33.7 Å². The number of benzene rings is 1. The van der Waals surface area contributed by atoms with Crippen molar-refractivity contribution in [3.05, 3.63) is 36.2 Å². The summed E-state index contributed by atoms with van der Waals surface area (Å²) in [6, 6.07) is 4.09. The molecule has 1 aromatic carbocycles. The number of hydrogen-bond donors (Lipinski definition) is 5. The number of hydrogen-bond acceptors (Lipinski definition) is 11. The highest BCUT2D eigenvalue weighted by Gasteiger charge is 2.74. The Morgan fingerprint density at radius 3 is 2.53 bits per heavy atom. The molecule has 4 rings (SSSR count). The number of alkyl halides is 1. The minimum absolute atomic E-state index is 0.000805. The third-order valence-corrected chi connectivity index (χ3v) is 8.85. The van der Waals surface area contributed by atoms with E-state index in [-0.39, 0.29) is 10.6 Å². The standard InChI is InChI=1S/C22H30FN5O9S/c1-11(2)16(20(32)25-33)28(38(34,35)14-6-4-13(36-3)5-7-14)9-12-8-27(26-24-12)21-22(23)18(31)17(30)15(10-29)19(22)37-21/h4-8,11,15-19,21,29-31,33H,9-10H2,1-3H3,(H,25,32)/t15?,16-,17+,18?,19?,21+,22?/m1/s1. The molecule has 1 amide bonds. The van der Waals surface area contributed by atoms with Crippen LogP contribution in [0.15, 0.2) is 35.4 Å². The van der Waals surface area contributed by atoms with Gasteiger partial charge in [-0.2, -0.15) is 4.31 Å². The number of carbonyl (C=O) groups is 1. The second-order valence-corrected chi connectivity index (χ2v) is 11.5. The van der Waals surface area contributed by atoms with E-state index in [2.05, 4.69) is 10.3 Å². The highest BCUT2D eigenvalue weighted by atomic mass is 32.2. The molecule has 2 heterocycles. The molecule has 0 bridgehead atoms. The number of aromatic nitrogens is 3. The van der Waals surface area contributed by atoms with Gasteiger partial charge in [0.2, 0.25) is 15.7 Å². The molecule has 16 heteroatoms. The lowest BCUT2D eigenvalue weighted by atomic mass is 9.89. The maximum absolute atomic E-state index is 15.7. The van der Waals surface area contributed by atoms with Gasteiger partial charge < -0.3 is 24.8 Å². The average Bonchev–Trinajstić information content (AvgIpc) is 3.40. The van der Waals surface area contributed by atoms with Gasteiger partial charge in [0.05, 0.1) is 43.2 Å². The Morgan fingerprint density at radius 1 is 1.32 bits per heavy atom. The Labute approximate surface area is 217 Å². The van der Waals surface area contributed by atoms with Gasteiger partial charge in [-0.05, 0) is 30.2 Å². The number of ether oxygens (including phenoxy) is 2. The Morgan fingerprint density at radius 2 is 1.97 bits per heavy atom.